The van der Waals surface area contributed by atoms with Crippen molar-refractivity contribution in [2.45, 2.75) is 0 Å². The van der Waals surface area contributed by atoms with E-state index in [0.717, 1.165) is 25.6 Å². The number of aromatic amines is 1. The van der Waals surface area contributed by atoms with E-state index in [-0.39, 0.29) is 0 Å². The summed E-state index contributed by atoms with van der Waals surface area (Å²) in [4.78, 5) is 29.0. The van der Waals surface area contributed by atoms with Gasteiger partial charge >= 0.3 is 5.97 Å². The van der Waals surface area contributed by atoms with Crippen molar-refractivity contribution in [1.29, 1.82) is 0 Å². The Balaban J connectivity index is 1.39. The molecule has 0 atom stereocenters. The number of rotatable bonds is 6. The van der Waals surface area contributed by atoms with E-state index in [1.807, 2.05) is 48.5 Å². The fourth-order valence-corrected chi connectivity index (χ4v) is 4.66. The lowest BCUT2D eigenvalue weighted by molar-refractivity contribution is 0.0734. The first kappa shape index (κ1) is 24.7. The Bertz CT molecular complexity index is 1630. The number of hydrogen-bond acceptors (Lipinski definition) is 4. The number of esters is 1. The van der Waals surface area contributed by atoms with Crippen LogP contribution in [0.15, 0.2) is 102 Å². The predicted molar refractivity (Wildman–Crippen MR) is 154 cm³/mol. The molecule has 5 aromatic rings. The number of halogens is 2. The van der Waals surface area contributed by atoms with Gasteiger partial charge in [0.25, 0.3) is 5.91 Å². The average Bonchev–Trinajstić information content (AvgIpc) is 3.31. The maximum Gasteiger partial charge on any atom is 0.343 e. The lowest BCUT2D eigenvalue weighted by atomic mass is 10.0. The van der Waals surface area contributed by atoms with Crippen LogP contribution in [-0.2, 0) is 0 Å². The molecule has 2 N–H and O–H groups in total. The van der Waals surface area contributed by atoms with E-state index in [1.54, 1.807) is 48.5 Å². The molecule has 0 radical (unpaired) electrons. The monoisotopic (exact) mass is 619 g/mol. The Kier molecular flexibility index (Phi) is 7.34. The molecule has 1 amide bonds. The van der Waals surface area contributed by atoms with Crippen molar-refractivity contribution in [3.63, 3.8) is 0 Å². The van der Waals surface area contributed by atoms with Gasteiger partial charge in [-0.1, -0.05) is 66.2 Å². The van der Waals surface area contributed by atoms with Gasteiger partial charge in [-0.2, -0.15) is 5.10 Å². The number of para-hydroxylation sites is 2. The summed E-state index contributed by atoms with van der Waals surface area (Å²) in [5.74, 6) is -0.606. The molecule has 1 heterocycles. The molecule has 0 bridgehead atoms. The number of ether oxygens (including phenoxy) is 1. The summed E-state index contributed by atoms with van der Waals surface area (Å²) in [7, 11) is 0. The summed E-state index contributed by atoms with van der Waals surface area (Å²) in [5.41, 5.74) is 6.51. The molecule has 0 saturated heterocycles. The molecule has 4 aromatic carbocycles. The zero-order chi connectivity index (χ0) is 25.8. The largest absolute Gasteiger partial charge is 0.422 e. The van der Waals surface area contributed by atoms with Crippen LogP contribution in [0.5, 0.6) is 5.75 Å². The number of benzene rings is 4. The second-order valence-electron chi connectivity index (χ2n) is 8.04. The molecule has 0 fully saturated rings. The first-order chi connectivity index (χ1) is 18.0. The molecule has 37 heavy (non-hydrogen) atoms. The first-order valence-electron chi connectivity index (χ1n) is 11.3. The third kappa shape index (κ3) is 5.42. The molecule has 0 saturated carbocycles. The minimum absolute atomic E-state index is 0.311. The van der Waals surface area contributed by atoms with E-state index >= 15 is 0 Å². The second-order valence-corrected chi connectivity index (χ2v) is 9.64. The number of H-pyrrole nitrogens is 1. The van der Waals surface area contributed by atoms with Gasteiger partial charge in [0.15, 0.2) is 0 Å². The predicted octanol–water partition coefficient (Wildman–Crippen LogP) is 7.08. The Morgan fingerprint density at radius 3 is 2.41 bits per heavy atom. The number of hydrogen-bond donors (Lipinski definition) is 2. The van der Waals surface area contributed by atoms with Gasteiger partial charge in [0.1, 0.15) is 11.4 Å². The maximum absolute atomic E-state index is 13.2. The lowest BCUT2D eigenvalue weighted by Crippen LogP contribution is -2.19. The fourth-order valence-electron chi connectivity index (χ4n) is 3.90. The van der Waals surface area contributed by atoms with E-state index < -0.39 is 11.9 Å². The highest BCUT2D eigenvalue weighted by Gasteiger charge is 2.20. The maximum atomic E-state index is 13.2. The van der Waals surface area contributed by atoms with Crippen LogP contribution in [0.3, 0.4) is 0 Å². The molecule has 0 aliphatic heterocycles. The average molecular weight is 620 g/mol. The van der Waals surface area contributed by atoms with Crippen molar-refractivity contribution < 1.29 is 14.3 Å². The molecular formula is C29H19ClIN3O3. The lowest BCUT2D eigenvalue weighted by Gasteiger charge is -2.07. The van der Waals surface area contributed by atoms with Gasteiger partial charge in [0, 0.05) is 25.1 Å². The van der Waals surface area contributed by atoms with Crippen LogP contribution < -0.4 is 10.2 Å². The summed E-state index contributed by atoms with van der Waals surface area (Å²) < 4.78 is 6.56. The van der Waals surface area contributed by atoms with Crippen molar-refractivity contribution in [3.8, 4) is 16.9 Å². The number of carbonyl (C=O) groups is 2. The van der Waals surface area contributed by atoms with Crippen LogP contribution in [0, 0.1) is 3.57 Å². The number of carbonyl (C=O) groups excluding carboxylic acids is 2. The molecule has 8 heteroatoms. The van der Waals surface area contributed by atoms with Crippen molar-refractivity contribution in [2.75, 3.05) is 0 Å². The molecule has 0 aliphatic carbocycles. The van der Waals surface area contributed by atoms with Gasteiger partial charge < -0.3 is 9.72 Å². The first-order valence-corrected chi connectivity index (χ1v) is 12.7. The second kappa shape index (κ2) is 11.0. The van der Waals surface area contributed by atoms with E-state index in [0.29, 0.717) is 27.6 Å². The van der Waals surface area contributed by atoms with E-state index in [1.165, 1.54) is 6.21 Å². The Morgan fingerprint density at radius 1 is 0.892 bits per heavy atom. The number of nitrogens with zero attached hydrogens (tertiary/aromatic N) is 1. The van der Waals surface area contributed by atoms with Crippen molar-refractivity contribution in [1.82, 2.24) is 10.4 Å². The topological polar surface area (TPSA) is 83.5 Å². The highest BCUT2D eigenvalue weighted by atomic mass is 127. The summed E-state index contributed by atoms with van der Waals surface area (Å²) in [5, 5.41) is 5.62. The Morgan fingerprint density at radius 2 is 1.62 bits per heavy atom. The number of hydrazone groups is 1. The van der Waals surface area contributed by atoms with Crippen LogP contribution in [0.4, 0.5) is 0 Å². The standard InChI is InChI=1S/C29H19ClIN3O3/c30-21-15-13-19(14-16-21)29(36)37-24-12-5-4-9-20(24)17-32-34-28(35)27-25(18-7-2-1-3-8-18)22-10-6-11-23(31)26(22)33-27/h1-17,33H,(H,34,35). The molecule has 182 valence electrons. The molecule has 1 aromatic heterocycles. The summed E-state index contributed by atoms with van der Waals surface area (Å²) in [6, 6.07) is 29.0. The number of amides is 1. The molecular weight excluding hydrogens is 601 g/mol. The quantitative estimate of drug-likeness (QED) is 0.0701. The minimum Gasteiger partial charge on any atom is -0.422 e. The van der Waals surface area contributed by atoms with Crippen LogP contribution in [0.2, 0.25) is 5.02 Å². The van der Waals surface area contributed by atoms with E-state index in [9.17, 15) is 9.59 Å². The summed E-state index contributed by atoms with van der Waals surface area (Å²) in [6.45, 7) is 0. The van der Waals surface area contributed by atoms with Crippen LogP contribution >= 0.6 is 34.2 Å². The smallest absolute Gasteiger partial charge is 0.343 e. The Labute approximate surface area is 231 Å². The highest BCUT2D eigenvalue weighted by molar-refractivity contribution is 14.1. The van der Waals surface area contributed by atoms with Gasteiger partial charge in [-0.3, -0.25) is 4.79 Å². The summed E-state index contributed by atoms with van der Waals surface area (Å²) in [6.07, 6.45) is 1.44. The Hall–Kier alpha value is -3.95. The van der Waals surface area contributed by atoms with Crippen molar-refractivity contribution in [2.24, 2.45) is 5.10 Å². The minimum atomic E-state index is -0.526. The van der Waals surface area contributed by atoms with Crippen LogP contribution in [0.1, 0.15) is 26.4 Å². The fraction of sp³-hybridized carbons (Fsp3) is 0. The number of fused-ring (bicyclic) bond motifs is 1. The zero-order valence-electron chi connectivity index (χ0n) is 19.2. The normalized spacial score (nSPS) is 11.1. The van der Waals surface area contributed by atoms with Crippen LogP contribution in [0.25, 0.3) is 22.0 Å². The number of aromatic nitrogens is 1. The molecule has 5 rings (SSSR count). The van der Waals surface area contributed by atoms with Crippen molar-refractivity contribution >= 4 is 63.2 Å². The van der Waals surface area contributed by atoms with E-state index in [4.69, 9.17) is 16.3 Å². The van der Waals surface area contributed by atoms with Crippen molar-refractivity contribution in [3.05, 3.63) is 122 Å². The van der Waals surface area contributed by atoms with Gasteiger partial charge in [0.2, 0.25) is 0 Å². The molecule has 6 nitrogen and oxygen atoms in total. The van der Waals surface area contributed by atoms with E-state index in [2.05, 4.69) is 38.1 Å². The molecule has 0 spiro atoms. The van der Waals surface area contributed by atoms with Gasteiger partial charge in [0.05, 0.1) is 17.3 Å². The van der Waals surface area contributed by atoms with Gasteiger partial charge in [-0.15, -0.1) is 0 Å². The summed E-state index contributed by atoms with van der Waals surface area (Å²) >= 11 is 8.14. The third-order valence-electron chi connectivity index (χ3n) is 5.64. The third-order valence-corrected chi connectivity index (χ3v) is 6.79. The molecule has 0 aliphatic rings. The van der Waals surface area contributed by atoms with Crippen LogP contribution in [-0.4, -0.2) is 23.1 Å². The van der Waals surface area contributed by atoms with Gasteiger partial charge in [-0.25, -0.2) is 10.2 Å². The zero-order valence-corrected chi connectivity index (χ0v) is 22.2. The molecule has 0 unspecified atom stereocenters. The number of nitrogens with one attached hydrogen (secondary N) is 2. The van der Waals surface area contributed by atoms with Gasteiger partial charge in [-0.05, 0) is 70.6 Å². The SMILES string of the molecule is O=C(Oc1ccccc1C=NNC(=O)c1[nH]c2c(I)cccc2c1-c1ccccc1)c1ccc(Cl)cc1. The highest BCUT2D eigenvalue weighted by Crippen LogP contribution is 2.34.